The molecule has 36 heavy (non-hydrogen) atoms. The maximum atomic E-state index is 12.3. The molecular weight excluding hydrogens is 464 g/mol. The molecule has 4 atom stereocenters. The number of esters is 1. The zero-order valence-corrected chi connectivity index (χ0v) is 21.0. The van der Waals surface area contributed by atoms with Gasteiger partial charge in [0.1, 0.15) is 36.8 Å². The fourth-order valence-corrected chi connectivity index (χ4v) is 4.22. The highest BCUT2D eigenvalue weighted by Gasteiger charge is 2.44. The van der Waals surface area contributed by atoms with Crippen molar-refractivity contribution in [3.63, 3.8) is 0 Å². The highest BCUT2D eigenvalue weighted by atomic mass is 16.6. The standard InChI is InChI=1S/C25H34N6O5/c1-25(2,3)16-7-5-15(6-8-16)11-18(32)35-10-9-30(4)12-17-20(33)21(34)24(36-17)31-14-29-19-22(26)27-13-28-23(19)31/h5-8,13-14,17,20-21,24,33-34H,9-12H2,1-4H3,(H2,26,27,28)/t17?,20-,21-,24-/m1/s1. The zero-order chi connectivity index (χ0) is 26.0. The molecule has 194 valence electrons. The highest BCUT2D eigenvalue weighted by molar-refractivity contribution is 5.81. The number of imidazole rings is 1. The van der Waals surface area contributed by atoms with E-state index >= 15 is 0 Å². The Morgan fingerprint density at radius 3 is 2.58 bits per heavy atom. The summed E-state index contributed by atoms with van der Waals surface area (Å²) in [4.78, 5) is 26.4. The lowest BCUT2D eigenvalue weighted by atomic mass is 9.86. The van der Waals surface area contributed by atoms with Gasteiger partial charge in [0.15, 0.2) is 17.7 Å². The number of aliphatic hydroxyl groups is 2. The van der Waals surface area contributed by atoms with Crippen LogP contribution in [0.3, 0.4) is 0 Å². The maximum Gasteiger partial charge on any atom is 0.310 e. The average molecular weight is 499 g/mol. The summed E-state index contributed by atoms with van der Waals surface area (Å²) >= 11 is 0. The molecule has 3 heterocycles. The van der Waals surface area contributed by atoms with E-state index in [1.807, 2.05) is 36.2 Å². The van der Waals surface area contributed by atoms with Crippen LogP contribution in [0.4, 0.5) is 5.82 Å². The summed E-state index contributed by atoms with van der Waals surface area (Å²) in [6, 6.07) is 8.00. The van der Waals surface area contributed by atoms with E-state index in [0.29, 0.717) is 24.3 Å². The number of nitrogens with zero attached hydrogens (tertiary/aromatic N) is 5. The second-order valence-corrected chi connectivity index (χ2v) is 10.2. The third kappa shape index (κ3) is 5.65. The van der Waals surface area contributed by atoms with Crippen LogP contribution in [0.25, 0.3) is 11.2 Å². The van der Waals surface area contributed by atoms with E-state index in [1.54, 1.807) is 0 Å². The third-order valence-electron chi connectivity index (χ3n) is 6.39. The second kappa shape index (κ2) is 10.5. The SMILES string of the molecule is CN(CCOC(=O)Cc1ccc(C(C)(C)C)cc1)CC1O[C@@H](n2cnc3c(N)ncnc32)[C@H](O)[C@@H]1O. The Hall–Kier alpha value is -3.12. The lowest BCUT2D eigenvalue weighted by molar-refractivity contribution is -0.143. The third-order valence-corrected chi connectivity index (χ3v) is 6.39. The number of rotatable bonds is 8. The van der Waals surface area contributed by atoms with Crippen molar-refractivity contribution in [2.45, 2.75) is 57.1 Å². The number of hydrogen-bond donors (Lipinski definition) is 3. The number of nitrogen functional groups attached to an aromatic ring is 1. The summed E-state index contributed by atoms with van der Waals surface area (Å²) in [5.41, 5.74) is 8.82. The van der Waals surface area contributed by atoms with E-state index in [1.165, 1.54) is 22.8 Å². The Morgan fingerprint density at radius 2 is 1.89 bits per heavy atom. The molecule has 0 amide bonds. The van der Waals surface area contributed by atoms with Crippen LogP contribution >= 0.6 is 0 Å². The molecular formula is C25H34N6O5. The summed E-state index contributed by atoms with van der Waals surface area (Å²) in [5.74, 6) is -0.0765. The molecule has 0 bridgehead atoms. The number of fused-ring (bicyclic) bond motifs is 1. The van der Waals surface area contributed by atoms with Crippen LogP contribution in [-0.4, -0.2) is 85.7 Å². The van der Waals surface area contributed by atoms with Crippen molar-refractivity contribution in [1.29, 1.82) is 0 Å². The van der Waals surface area contributed by atoms with Crippen LogP contribution in [-0.2, 0) is 26.1 Å². The molecule has 3 aromatic rings. The van der Waals surface area contributed by atoms with Gasteiger partial charge >= 0.3 is 5.97 Å². The van der Waals surface area contributed by atoms with Crippen LogP contribution in [0, 0.1) is 0 Å². The molecule has 1 fully saturated rings. The van der Waals surface area contributed by atoms with Crippen molar-refractivity contribution >= 4 is 23.0 Å². The fourth-order valence-electron chi connectivity index (χ4n) is 4.22. The largest absolute Gasteiger partial charge is 0.464 e. The molecule has 1 saturated heterocycles. The molecule has 2 aromatic heterocycles. The van der Waals surface area contributed by atoms with E-state index in [-0.39, 0.29) is 30.2 Å². The minimum absolute atomic E-state index is 0.0607. The van der Waals surface area contributed by atoms with Crippen LogP contribution in [0.1, 0.15) is 38.1 Å². The number of carbonyl (C=O) groups excluding carboxylic acids is 1. The lowest BCUT2D eigenvalue weighted by Crippen LogP contribution is -2.39. The maximum absolute atomic E-state index is 12.3. The van der Waals surface area contributed by atoms with Gasteiger partial charge in [0.05, 0.1) is 12.7 Å². The normalized spacial score (nSPS) is 22.4. The summed E-state index contributed by atoms with van der Waals surface area (Å²) in [6.45, 7) is 7.41. The molecule has 4 rings (SSSR count). The Balaban J connectivity index is 1.25. The van der Waals surface area contributed by atoms with Crippen LogP contribution in [0.2, 0.25) is 0 Å². The van der Waals surface area contributed by atoms with Crippen molar-refractivity contribution in [2.24, 2.45) is 0 Å². The Kier molecular flexibility index (Phi) is 7.55. The van der Waals surface area contributed by atoms with Gasteiger partial charge in [0.25, 0.3) is 0 Å². The molecule has 0 radical (unpaired) electrons. The number of aliphatic hydroxyl groups excluding tert-OH is 2. The Labute approximate surface area is 209 Å². The van der Waals surface area contributed by atoms with Gasteiger partial charge in [-0.3, -0.25) is 9.36 Å². The van der Waals surface area contributed by atoms with Gasteiger partial charge in [0.2, 0.25) is 0 Å². The number of hydrogen-bond acceptors (Lipinski definition) is 10. The number of aromatic nitrogens is 4. The molecule has 0 aliphatic carbocycles. The van der Waals surface area contributed by atoms with E-state index < -0.39 is 24.5 Å². The molecule has 1 unspecified atom stereocenters. The van der Waals surface area contributed by atoms with Gasteiger partial charge in [-0.25, -0.2) is 15.0 Å². The number of nitrogens with two attached hydrogens (primary N) is 1. The minimum atomic E-state index is -1.18. The second-order valence-electron chi connectivity index (χ2n) is 10.2. The van der Waals surface area contributed by atoms with Crippen molar-refractivity contribution in [3.05, 3.63) is 48.0 Å². The summed E-state index contributed by atoms with van der Waals surface area (Å²) < 4.78 is 12.9. The Bertz CT molecular complexity index is 1190. The molecule has 11 nitrogen and oxygen atoms in total. The molecule has 1 aromatic carbocycles. The van der Waals surface area contributed by atoms with Gasteiger partial charge in [-0.05, 0) is 23.6 Å². The fraction of sp³-hybridized carbons (Fsp3) is 0.520. The predicted molar refractivity (Wildman–Crippen MR) is 133 cm³/mol. The first-order chi connectivity index (χ1) is 17.0. The van der Waals surface area contributed by atoms with Crippen LogP contribution in [0.15, 0.2) is 36.9 Å². The smallest absolute Gasteiger partial charge is 0.310 e. The topological polar surface area (TPSA) is 149 Å². The number of benzene rings is 1. The summed E-state index contributed by atoms with van der Waals surface area (Å²) in [5, 5.41) is 21.2. The van der Waals surface area contributed by atoms with Gasteiger partial charge in [0, 0.05) is 13.1 Å². The van der Waals surface area contributed by atoms with E-state index in [9.17, 15) is 15.0 Å². The van der Waals surface area contributed by atoms with Gasteiger partial charge in [-0.2, -0.15) is 0 Å². The summed E-state index contributed by atoms with van der Waals surface area (Å²) in [6.07, 6.45) is -0.866. The van der Waals surface area contributed by atoms with Crippen molar-refractivity contribution in [2.75, 3.05) is 32.5 Å². The van der Waals surface area contributed by atoms with Gasteiger partial charge in [-0.1, -0.05) is 45.0 Å². The van der Waals surface area contributed by atoms with E-state index in [0.717, 1.165) is 5.56 Å². The first-order valence-corrected chi connectivity index (χ1v) is 11.9. The van der Waals surface area contributed by atoms with Crippen molar-refractivity contribution < 1.29 is 24.5 Å². The number of carbonyl (C=O) groups is 1. The van der Waals surface area contributed by atoms with Crippen molar-refractivity contribution in [1.82, 2.24) is 24.4 Å². The average Bonchev–Trinajstić information content (AvgIpc) is 3.36. The summed E-state index contributed by atoms with van der Waals surface area (Å²) in [7, 11) is 1.83. The van der Waals surface area contributed by atoms with Gasteiger partial charge in [-0.15, -0.1) is 0 Å². The zero-order valence-electron chi connectivity index (χ0n) is 21.0. The first kappa shape index (κ1) is 26.0. The molecule has 4 N–H and O–H groups in total. The van der Waals surface area contributed by atoms with Crippen molar-refractivity contribution in [3.8, 4) is 0 Å². The van der Waals surface area contributed by atoms with Crippen LogP contribution < -0.4 is 5.73 Å². The number of anilines is 1. The van der Waals surface area contributed by atoms with Crippen LogP contribution in [0.5, 0.6) is 0 Å². The number of ether oxygens (including phenoxy) is 2. The quantitative estimate of drug-likeness (QED) is 0.385. The molecule has 11 heteroatoms. The Morgan fingerprint density at radius 1 is 1.17 bits per heavy atom. The van der Waals surface area contributed by atoms with Gasteiger partial charge < -0.3 is 30.3 Å². The predicted octanol–water partition coefficient (Wildman–Crippen LogP) is 1.04. The van der Waals surface area contributed by atoms with E-state index in [4.69, 9.17) is 15.2 Å². The minimum Gasteiger partial charge on any atom is -0.464 e. The lowest BCUT2D eigenvalue weighted by Gasteiger charge is -2.22. The molecule has 0 spiro atoms. The molecule has 1 aliphatic rings. The first-order valence-electron chi connectivity index (χ1n) is 11.9. The van der Waals surface area contributed by atoms with E-state index in [2.05, 4.69) is 35.7 Å². The molecule has 1 aliphatic heterocycles. The highest BCUT2D eigenvalue weighted by Crippen LogP contribution is 2.32. The number of likely N-dealkylation sites (N-methyl/N-ethyl adjacent to an activating group) is 1. The molecule has 0 saturated carbocycles. The monoisotopic (exact) mass is 498 g/mol.